The number of nitrogens with zero attached hydrogens (tertiary/aromatic N) is 1. The average Bonchev–Trinajstić information content (AvgIpc) is 2.95. The van der Waals surface area contributed by atoms with Crippen molar-refractivity contribution in [2.75, 3.05) is 11.9 Å². The number of likely N-dealkylation sites (tertiary alicyclic amines) is 1. The van der Waals surface area contributed by atoms with Crippen LogP contribution in [-0.4, -0.2) is 17.5 Å². The number of thiophene rings is 1. The van der Waals surface area contributed by atoms with Gasteiger partial charge in [-0.1, -0.05) is 25.0 Å². The maximum absolute atomic E-state index is 12.8. The van der Waals surface area contributed by atoms with Crippen LogP contribution in [-0.2, 0) is 0 Å². The van der Waals surface area contributed by atoms with E-state index in [1.807, 2.05) is 17.0 Å². The zero-order valence-electron chi connectivity index (χ0n) is 13.8. The van der Waals surface area contributed by atoms with Gasteiger partial charge in [-0.3, -0.25) is 0 Å². The van der Waals surface area contributed by atoms with Gasteiger partial charge in [0.05, 0.1) is 6.04 Å². The minimum absolute atomic E-state index is 0.0218. The lowest BCUT2D eigenvalue weighted by atomic mass is 10.1. The van der Waals surface area contributed by atoms with Crippen molar-refractivity contribution in [3.05, 3.63) is 51.7 Å². The fourth-order valence-electron chi connectivity index (χ4n) is 3.14. The van der Waals surface area contributed by atoms with Crippen LogP contribution in [0.2, 0.25) is 0 Å². The Morgan fingerprint density at radius 1 is 1.17 bits per heavy atom. The van der Waals surface area contributed by atoms with E-state index in [0.29, 0.717) is 0 Å². The van der Waals surface area contributed by atoms with Gasteiger partial charge in [0.1, 0.15) is 0 Å². The number of hydrogen-bond donors (Lipinski definition) is 1. The van der Waals surface area contributed by atoms with Crippen LogP contribution < -0.4 is 5.32 Å². The van der Waals surface area contributed by atoms with E-state index >= 15 is 0 Å². The summed E-state index contributed by atoms with van der Waals surface area (Å²) in [5, 5.41) is 5.19. The fraction of sp³-hybridized carbons (Fsp3) is 0.421. The van der Waals surface area contributed by atoms with Crippen molar-refractivity contribution in [3.63, 3.8) is 0 Å². The van der Waals surface area contributed by atoms with E-state index < -0.39 is 0 Å². The number of carbonyl (C=O) groups excluding carboxylic acids is 1. The highest BCUT2D eigenvalue weighted by molar-refractivity contribution is 7.10. The zero-order chi connectivity index (χ0) is 16.2. The van der Waals surface area contributed by atoms with Gasteiger partial charge < -0.3 is 10.2 Å². The normalized spacial score (nSPS) is 18.5. The molecule has 3 rings (SSSR count). The number of anilines is 1. The first kappa shape index (κ1) is 16.1. The predicted octanol–water partition coefficient (Wildman–Crippen LogP) is 5.51. The third-order valence-corrected chi connectivity index (χ3v) is 5.62. The topological polar surface area (TPSA) is 32.3 Å². The summed E-state index contributed by atoms with van der Waals surface area (Å²) in [6.45, 7) is 4.99. The molecular weight excluding hydrogens is 304 g/mol. The third kappa shape index (κ3) is 3.75. The molecule has 1 aromatic carbocycles. The number of nitrogens with one attached hydrogen (secondary N) is 1. The van der Waals surface area contributed by atoms with Crippen LogP contribution in [0.4, 0.5) is 10.5 Å². The molecule has 1 aromatic heterocycles. The minimum atomic E-state index is 0.0218. The molecule has 1 saturated heterocycles. The Hall–Kier alpha value is -1.81. The number of aryl methyl sites for hydroxylation is 2. The molecule has 0 radical (unpaired) electrons. The van der Waals surface area contributed by atoms with Crippen molar-refractivity contribution in [3.8, 4) is 0 Å². The number of amides is 2. The lowest BCUT2D eigenvalue weighted by molar-refractivity contribution is 0.190. The summed E-state index contributed by atoms with van der Waals surface area (Å²) in [5.74, 6) is 0. The molecule has 3 nitrogen and oxygen atoms in total. The second-order valence-electron chi connectivity index (χ2n) is 6.30. The molecule has 2 amide bonds. The van der Waals surface area contributed by atoms with Gasteiger partial charge in [-0.05, 0) is 61.4 Å². The summed E-state index contributed by atoms with van der Waals surface area (Å²) in [6, 6.07) is 10.5. The van der Waals surface area contributed by atoms with E-state index in [1.165, 1.54) is 28.8 Å². The van der Waals surface area contributed by atoms with Crippen LogP contribution in [0.5, 0.6) is 0 Å². The Morgan fingerprint density at radius 2 is 2.04 bits per heavy atom. The first-order chi connectivity index (χ1) is 11.1. The number of carbonyl (C=O) groups is 1. The largest absolute Gasteiger partial charge is 0.322 e. The molecule has 1 atom stereocenters. The summed E-state index contributed by atoms with van der Waals surface area (Å²) < 4.78 is 0. The molecule has 0 unspecified atom stereocenters. The van der Waals surface area contributed by atoms with Crippen molar-refractivity contribution in [2.45, 2.75) is 45.6 Å². The summed E-state index contributed by atoms with van der Waals surface area (Å²) in [6.07, 6.45) is 4.54. The Bertz CT molecular complexity index is 666. The van der Waals surface area contributed by atoms with Crippen LogP contribution in [0.3, 0.4) is 0 Å². The Balaban J connectivity index is 1.78. The molecule has 122 valence electrons. The number of urea groups is 1. The molecule has 0 bridgehead atoms. The van der Waals surface area contributed by atoms with E-state index in [-0.39, 0.29) is 12.1 Å². The molecule has 1 aliphatic heterocycles. The second-order valence-corrected chi connectivity index (χ2v) is 7.28. The number of hydrogen-bond acceptors (Lipinski definition) is 2. The zero-order valence-corrected chi connectivity index (χ0v) is 14.7. The highest BCUT2D eigenvalue weighted by atomic mass is 32.1. The SMILES string of the molecule is Cc1ccc(NC(=O)N2CCCCC[C@@H]2c2cccs2)cc1C. The van der Waals surface area contributed by atoms with E-state index in [9.17, 15) is 4.79 Å². The van der Waals surface area contributed by atoms with E-state index in [0.717, 1.165) is 25.1 Å². The Kier molecular flexibility index (Phi) is 5.01. The molecule has 23 heavy (non-hydrogen) atoms. The van der Waals surface area contributed by atoms with Crippen molar-refractivity contribution >= 4 is 23.1 Å². The summed E-state index contributed by atoms with van der Waals surface area (Å²) >= 11 is 1.75. The van der Waals surface area contributed by atoms with Crippen LogP contribution >= 0.6 is 11.3 Å². The van der Waals surface area contributed by atoms with Crippen LogP contribution in [0.1, 0.15) is 47.7 Å². The molecule has 0 saturated carbocycles. The highest BCUT2D eigenvalue weighted by Gasteiger charge is 2.27. The first-order valence-electron chi connectivity index (χ1n) is 8.33. The van der Waals surface area contributed by atoms with Gasteiger partial charge in [0.2, 0.25) is 0 Å². The van der Waals surface area contributed by atoms with Gasteiger partial charge in [0, 0.05) is 17.1 Å². The smallest absolute Gasteiger partial charge is 0.317 e. The Morgan fingerprint density at radius 3 is 2.78 bits per heavy atom. The molecule has 0 spiro atoms. The minimum Gasteiger partial charge on any atom is -0.317 e. The van der Waals surface area contributed by atoms with Gasteiger partial charge in [-0.25, -0.2) is 4.79 Å². The quantitative estimate of drug-likeness (QED) is 0.774. The summed E-state index contributed by atoms with van der Waals surface area (Å²) in [4.78, 5) is 16.2. The van der Waals surface area contributed by atoms with Crippen LogP contribution in [0, 0.1) is 13.8 Å². The molecule has 0 aliphatic carbocycles. The van der Waals surface area contributed by atoms with E-state index in [2.05, 4.69) is 42.7 Å². The van der Waals surface area contributed by atoms with Gasteiger partial charge >= 0.3 is 6.03 Å². The summed E-state index contributed by atoms with van der Waals surface area (Å²) in [7, 11) is 0. The predicted molar refractivity (Wildman–Crippen MR) is 97.2 cm³/mol. The molecule has 4 heteroatoms. The van der Waals surface area contributed by atoms with Gasteiger partial charge in [-0.2, -0.15) is 0 Å². The number of benzene rings is 1. The van der Waals surface area contributed by atoms with Crippen molar-refractivity contribution in [1.82, 2.24) is 4.90 Å². The van der Waals surface area contributed by atoms with Crippen LogP contribution in [0.15, 0.2) is 35.7 Å². The molecule has 2 aromatic rings. The van der Waals surface area contributed by atoms with E-state index in [1.54, 1.807) is 11.3 Å². The number of rotatable bonds is 2. The molecule has 2 heterocycles. The summed E-state index contributed by atoms with van der Waals surface area (Å²) in [5.41, 5.74) is 3.33. The maximum atomic E-state index is 12.8. The van der Waals surface area contributed by atoms with Crippen molar-refractivity contribution < 1.29 is 4.79 Å². The molecular formula is C19H24N2OS. The molecule has 1 aliphatic rings. The van der Waals surface area contributed by atoms with E-state index in [4.69, 9.17) is 0 Å². The average molecular weight is 328 g/mol. The standard InChI is InChI=1S/C19H24N2OS/c1-14-9-10-16(13-15(14)2)20-19(22)21-11-5-3-4-7-17(21)18-8-6-12-23-18/h6,8-10,12-13,17H,3-5,7,11H2,1-2H3,(H,20,22)/t17-/m1/s1. The van der Waals surface area contributed by atoms with Gasteiger partial charge in [0.15, 0.2) is 0 Å². The first-order valence-corrected chi connectivity index (χ1v) is 9.21. The monoisotopic (exact) mass is 328 g/mol. The fourth-order valence-corrected chi connectivity index (χ4v) is 4.02. The molecule has 1 N–H and O–H groups in total. The highest BCUT2D eigenvalue weighted by Crippen LogP contribution is 2.33. The lowest BCUT2D eigenvalue weighted by Crippen LogP contribution is -2.37. The van der Waals surface area contributed by atoms with Crippen molar-refractivity contribution in [1.29, 1.82) is 0 Å². The maximum Gasteiger partial charge on any atom is 0.322 e. The van der Waals surface area contributed by atoms with Gasteiger partial charge in [0.25, 0.3) is 0 Å². The molecule has 1 fully saturated rings. The lowest BCUT2D eigenvalue weighted by Gasteiger charge is -2.29. The van der Waals surface area contributed by atoms with Crippen LogP contribution in [0.25, 0.3) is 0 Å². The van der Waals surface area contributed by atoms with Gasteiger partial charge in [-0.15, -0.1) is 11.3 Å². The third-order valence-electron chi connectivity index (χ3n) is 4.64. The Labute approximate surface area is 142 Å². The second kappa shape index (κ2) is 7.18. The van der Waals surface area contributed by atoms with Crippen molar-refractivity contribution in [2.24, 2.45) is 0 Å².